The van der Waals surface area contributed by atoms with Crippen molar-refractivity contribution in [1.82, 2.24) is 10.2 Å². The first-order valence-corrected chi connectivity index (χ1v) is 8.40. The first-order chi connectivity index (χ1) is 11.6. The van der Waals surface area contributed by atoms with Crippen molar-refractivity contribution in [2.45, 2.75) is 13.8 Å². The second kappa shape index (κ2) is 8.78. The highest BCUT2D eigenvalue weighted by Gasteiger charge is 2.33. The van der Waals surface area contributed by atoms with Crippen LogP contribution in [0.3, 0.4) is 0 Å². The van der Waals surface area contributed by atoms with Gasteiger partial charge in [-0.2, -0.15) is 0 Å². The molecule has 0 atom stereocenters. The maximum atomic E-state index is 5.78. The summed E-state index contributed by atoms with van der Waals surface area (Å²) in [6, 6.07) is 7.61. The first-order valence-electron chi connectivity index (χ1n) is 8.40. The highest BCUT2D eigenvalue weighted by Crippen LogP contribution is 2.26. The Morgan fingerprint density at radius 1 is 1.29 bits per heavy atom. The van der Waals surface area contributed by atoms with Crippen LogP contribution in [0.4, 0.5) is 0 Å². The predicted molar refractivity (Wildman–Crippen MR) is 96.0 cm³/mol. The van der Waals surface area contributed by atoms with Gasteiger partial charge in [0.2, 0.25) is 0 Å². The quantitative estimate of drug-likeness (QED) is 0.582. The normalized spacial score (nSPS) is 16.2. The van der Waals surface area contributed by atoms with E-state index < -0.39 is 0 Å². The van der Waals surface area contributed by atoms with Crippen molar-refractivity contribution in [2.75, 3.05) is 53.6 Å². The minimum absolute atomic E-state index is 0.182. The van der Waals surface area contributed by atoms with Crippen LogP contribution in [0, 0.1) is 5.41 Å². The van der Waals surface area contributed by atoms with Crippen LogP contribution in [-0.2, 0) is 4.74 Å². The Balaban J connectivity index is 1.80. The van der Waals surface area contributed by atoms with Gasteiger partial charge < -0.3 is 24.4 Å². The monoisotopic (exact) mass is 335 g/mol. The Hall–Kier alpha value is -1.95. The van der Waals surface area contributed by atoms with E-state index in [9.17, 15) is 0 Å². The fourth-order valence-electron chi connectivity index (χ4n) is 2.36. The van der Waals surface area contributed by atoms with E-state index in [2.05, 4.69) is 24.1 Å². The minimum Gasteiger partial charge on any atom is -0.497 e. The van der Waals surface area contributed by atoms with Gasteiger partial charge in [-0.15, -0.1) is 0 Å². The second-order valence-electron chi connectivity index (χ2n) is 6.42. The molecule has 1 saturated heterocycles. The third-order valence-electron chi connectivity index (χ3n) is 3.96. The minimum atomic E-state index is 0.182. The van der Waals surface area contributed by atoms with Crippen molar-refractivity contribution >= 4 is 5.96 Å². The molecule has 6 nitrogen and oxygen atoms in total. The van der Waals surface area contributed by atoms with Crippen LogP contribution in [0.2, 0.25) is 0 Å². The maximum Gasteiger partial charge on any atom is 0.193 e. The summed E-state index contributed by atoms with van der Waals surface area (Å²) in [6.07, 6.45) is 0. The number of nitrogens with one attached hydrogen (secondary N) is 1. The van der Waals surface area contributed by atoms with E-state index in [-0.39, 0.29) is 5.41 Å². The molecule has 2 rings (SSSR count). The third kappa shape index (κ3) is 5.30. The van der Waals surface area contributed by atoms with Gasteiger partial charge in [0.25, 0.3) is 0 Å². The lowest BCUT2D eigenvalue weighted by molar-refractivity contribution is -0.0945. The van der Waals surface area contributed by atoms with Crippen LogP contribution in [0.15, 0.2) is 29.3 Å². The molecule has 0 bridgehead atoms. The number of rotatable bonds is 8. The molecule has 1 aromatic carbocycles. The zero-order valence-electron chi connectivity index (χ0n) is 15.2. The average molecular weight is 335 g/mol. The Kier molecular flexibility index (Phi) is 6.73. The lowest BCUT2D eigenvalue weighted by Crippen LogP contribution is -2.45. The third-order valence-corrected chi connectivity index (χ3v) is 3.96. The van der Waals surface area contributed by atoms with Crippen molar-refractivity contribution in [3.05, 3.63) is 24.3 Å². The molecule has 0 radical (unpaired) electrons. The highest BCUT2D eigenvalue weighted by atomic mass is 16.5. The zero-order chi connectivity index (χ0) is 17.4. The summed E-state index contributed by atoms with van der Waals surface area (Å²) in [5, 5.41) is 3.33. The van der Waals surface area contributed by atoms with Gasteiger partial charge >= 0.3 is 0 Å². The molecule has 1 fully saturated rings. The van der Waals surface area contributed by atoms with Gasteiger partial charge in [-0.05, 0) is 31.2 Å². The molecule has 1 aromatic rings. The number of methoxy groups -OCH3 is 1. The van der Waals surface area contributed by atoms with Crippen molar-refractivity contribution < 1.29 is 14.2 Å². The molecule has 0 spiro atoms. The number of guanidine groups is 1. The van der Waals surface area contributed by atoms with E-state index in [1.54, 1.807) is 7.11 Å². The number of hydrogen-bond donors (Lipinski definition) is 1. The topological polar surface area (TPSA) is 55.3 Å². The molecule has 1 aliphatic rings. The van der Waals surface area contributed by atoms with Crippen LogP contribution in [-0.4, -0.2) is 64.5 Å². The van der Waals surface area contributed by atoms with Crippen molar-refractivity contribution in [2.24, 2.45) is 10.4 Å². The smallest absolute Gasteiger partial charge is 0.193 e. The largest absolute Gasteiger partial charge is 0.497 e. The lowest BCUT2D eigenvalue weighted by atomic mass is 9.89. The Morgan fingerprint density at radius 2 is 1.96 bits per heavy atom. The van der Waals surface area contributed by atoms with Gasteiger partial charge in [-0.1, -0.05) is 6.92 Å². The molecular weight excluding hydrogens is 306 g/mol. The van der Waals surface area contributed by atoms with Gasteiger partial charge in [-0.25, -0.2) is 0 Å². The van der Waals surface area contributed by atoms with E-state index in [1.165, 1.54) is 0 Å². The Labute approximate surface area is 144 Å². The van der Waals surface area contributed by atoms with Crippen molar-refractivity contribution in [3.8, 4) is 11.5 Å². The van der Waals surface area contributed by atoms with Crippen LogP contribution in [0.25, 0.3) is 0 Å². The van der Waals surface area contributed by atoms with Gasteiger partial charge in [0.15, 0.2) is 5.96 Å². The van der Waals surface area contributed by atoms with Gasteiger partial charge in [-0.3, -0.25) is 4.99 Å². The fraction of sp³-hybridized carbons (Fsp3) is 0.611. The Morgan fingerprint density at radius 3 is 2.50 bits per heavy atom. The lowest BCUT2D eigenvalue weighted by Gasteiger charge is -2.37. The van der Waals surface area contributed by atoms with Crippen LogP contribution in [0.1, 0.15) is 13.8 Å². The van der Waals surface area contributed by atoms with Gasteiger partial charge in [0.1, 0.15) is 18.1 Å². The average Bonchev–Trinajstić information content (AvgIpc) is 2.57. The van der Waals surface area contributed by atoms with Crippen LogP contribution >= 0.6 is 0 Å². The molecular formula is C18H29N3O3. The van der Waals surface area contributed by atoms with E-state index in [0.717, 1.165) is 50.3 Å². The van der Waals surface area contributed by atoms with Crippen molar-refractivity contribution in [3.63, 3.8) is 0 Å². The zero-order valence-corrected chi connectivity index (χ0v) is 15.2. The number of hydrogen-bond acceptors (Lipinski definition) is 4. The summed E-state index contributed by atoms with van der Waals surface area (Å²) in [4.78, 5) is 6.83. The van der Waals surface area contributed by atoms with Gasteiger partial charge in [0.05, 0.1) is 33.4 Å². The summed E-state index contributed by atoms with van der Waals surface area (Å²) in [6.45, 7) is 8.83. The van der Waals surface area contributed by atoms with Crippen molar-refractivity contribution in [1.29, 1.82) is 0 Å². The molecule has 134 valence electrons. The Bertz CT molecular complexity index is 527. The molecule has 0 unspecified atom stereocenters. The molecule has 0 aromatic heterocycles. The molecule has 24 heavy (non-hydrogen) atoms. The number of benzene rings is 1. The molecule has 0 saturated carbocycles. The van der Waals surface area contributed by atoms with E-state index >= 15 is 0 Å². The molecule has 1 N–H and O–H groups in total. The van der Waals surface area contributed by atoms with Crippen LogP contribution in [0.5, 0.6) is 11.5 Å². The molecule has 0 aliphatic carbocycles. The standard InChI is InChI=1S/C18H29N3O3/c1-5-19-17(20-12-18(2)13-23-14-18)21(3)10-11-24-16-8-6-15(22-4)7-9-16/h6-9H,5,10-14H2,1-4H3,(H,19,20). The number of aliphatic imine (C=N–C) groups is 1. The van der Waals surface area contributed by atoms with Crippen LogP contribution < -0.4 is 14.8 Å². The highest BCUT2D eigenvalue weighted by molar-refractivity contribution is 5.79. The summed E-state index contributed by atoms with van der Waals surface area (Å²) in [7, 11) is 3.68. The summed E-state index contributed by atoms with van der Waals surface area (Å²) in [5.74, 6) is 2.57. The second-order valence-corrected chi connectivity index (χ2v) is 6.42. The van der Waals surface area contributed by atoms with E-state index in [0.29, 0.717) is 6.61 Å². The maximum absolute atomic E-state index is 5.78. The molecule has 0 amide bonds. The predicted octanol–water partition coefficient (Wildman–Crippen LogP) is 2.01. The van der Waals surface area contributed by atoms with E-state index in [1.807, 2.05) is 31.3 Å². The fourth-order valence-corrected chi connectivity index (χ4v) is 2.36. The van der Waals surface area contributed by atoms with E-state index in [4.69, 9.17) is 19.2 Å². The molecule has 6 heteroatoms. The summed E-state index contributed by atoms with van der Waals surface area (Å²) in [5.41, 5.74) is 0.182. The number of ether oxygens (including phenoxy) is 3. The van der Waals surface area contributed by atoms with Gasteiger partial charge in [0, 0.05) is 19.0 Å². The number of nitrogens with zero attached hydrogens (tertiary/aromatic N) is 2. The summed E-state index contributed by atoms with van der Waals surface area (Å²) < 4.78 is 16.2. The first kappa shape index (κ1) is 18.4. The molecule has 1 aliphatic heterocycles. The SMILES string of the molecule is CCNC(=NCC1(C)COC1)N(C)CCOc1ccc(OC)cc1. The number of likely N-dealkylation sites (N-methyl/N-ethyl adjacent to an activating group) is 1. The molecule has 1 heterocycles. The summed E-state index contributed by atoms with van der Waals surface area (Å²) >= 11 is 0.